The molecule has 0 bridgehead atoms. The monoisotopic (exact) mass is 357 g/mol. The van der Waals surface area contributed by atoms with Gasteiger partial charge in [0.15, 0.2) is 18.1 Å². The number of nitro groups is 1. The fourth-order valence-corrected chi connectivity index (χ4v) is 2.15. The van der Waals surface area contributed by atoms with Crippen molar-refractivity contribution >= 4 is 17.3 Å². The molecule has 0 fully saturated rings. The highest BCUT2D eigenvalue weighted by Crippen LogP contribution is 2.34. The molecule has 0 radical (unpaired) electrons. The maximum atomic E-state index is 12.5. The second-order valence-electron chi connectivity index (χ2n) is 4.91. The molecule has 1 N–H and O–H groups in total. The van der Waals surface area contributed by atoms with Gasteiger partial charge in [0.05, 0.1) is 25.2 Å². The highest BCUT2D eigenvalue weighted by Gasteiger charge is 2.24. The molecule has 0 heterocycles. The average molecular weight is 357 g/mol. The van der Waals surface area contributed by atoms with Crippen LogP contribution >= 0.6 is 0 Å². The van der Waals surface area contributed by atoms with Crippen LogP contribution in [-0.2, 0) is 0 Å². The number of amides is 1. The number of hydrogen-bond donors (Lipinski definition) is 1. The number of nitrogens with zero attached hydrogens (tertiary/aromatic N) is 2. The Morgan fingerprint density at radius 2 is 1.81 bits per heavy atom. The minimum atomic E-state index is -0.677. The molecule has 0 spiro atoms. The number of carbonyl (C=O) groups is 1. The molecular formula is C17H15N3O6. The number of hydrogen-bond acceptors (Lipinski definition) is 7. The van der Waals surface area contributed by atoms with Crippen molar-refractivity contribution in [2.75, 3.05) is 26.1 Å². The molecule has 0 saturated carbocycles. The van der Waals surface area contributed by atoms with Gasteiger partial charge in [-0.15, -0.1) is 0 Å². The van der Waals surface area contributed by atoms with Crippen LogP contribution in [0.2, 0.25) is 0 Å². The molecule has 0 aliphatic heterocycles. The largest absolute Gasteiger partial charge is 0.493 e. The van der Waals surface area contributed by atoms with Crippen molar-refractivity contribution in [3.05, 3.63) is 52.1 Å². The first-order valence-electron chi connectivity index (χ1n) is 7.31. The molecule has 1 amide bonds. The molecule has 134 valence electrons. The van der Waals surface area contributed by atoms with Crippen molar-refractivity contribution in [3.63, 3.8) is 0 Å². The van der Waals surface area contributed by atoms with Crippen LogP contribution in [0.3, 0.4) is 0 Å². The quantitative estimate of drug-likeness (QED) is 0.597. The van der Waals surface area contributed by atoms with Gasteiger partial charge >= 0.3 is 0 Å². The summed E-state index contributed by atoms with van der Waals surface area (Å²) in [7, 11) is 2.71. The van der Waals surface area contributed by atoms with Gasteiger partial charge in [0.2, 0.25) is 0 Å². The molecular weight excluding hydrogens is 342 g/mol. The first-order chi connectivity index (χ1) is 12.5. The first-order valence-corrected chi connectivity index (χ1v) is 7.31. The number of anilines is 1. The topological polar surface area (TPSA) is 124 Å². The van der Waals surface area contributed by atoms with E-state index in [4.69, 9.17) is 19.5 Å². The number of ether oxygens (including phenoxy) is 3. The standard InChI is InChI=1S/C17H15N3O6/c1-24-15-9-13(14(20(22)23)10-16(15)25-2)17(21)19-11-3-5-12(6-4-11)26-8-7-18/h3-6,9-10H,8H2,1-2H3,(H,19,21). The third-order valence-corrected chi connectivity index (χ3v) is 3.36. The number of methoxy groups -OCH3 is 2. The number of carbonyl (C=O) groups excluding carboxylic acids is 1. The summed E-state index contributed by atoms with van der Waals surface area (Å²) in [5.41, 5.74) is -0.171. The molecule has 2 aromatic rings. The summed E-state index contributed by atoms with van der Waals surface area (Å²) in [6, 6.07) is 10.5. The van der Waals surface area contributed by atoms with E-state index in [9.17, 15) is 14.9 Å². The van der Waals surface area contributed by atoms with Gasteiger partial charge in [-0.05, 0) is 24.3 Å². The Bertz CT molecular complexity index is 858. The molecule has 0 atom stereocenters. The molecule has 0 saturated heterocycles. The van der Waals surface area contributed by atoms with E-state index in [0.29, 0.717) is 11.4 Å². The Kier molecular flexibility index (Phi) is 5.95. The third kappa shape index (κ3) is 4.18. The van der Waals surface area contributed by atoms with Gasteiger partial charge in [-0.25, -0.2) is 0 Å². The predicted molar refractivity (Wildman–Crippen MR) is 91.7 cm³/mol. The fraction of sp³-hybridized carbons (Fsp3) is 0.176. The number of rotatable bonds is 7. The van der Waals surface area contributed by atoms with E-state index in [0.717, 1.165) is 6.07 Å². The van der Waals surface area contributed by atoms with Crippen molar-refractivity contribution in [2.24, 2.45) is 0 Å². The van der Waals surface area contributed by atoms with Gasteiger partial charge < -0.3 is 19.5 Å². The Hall–Kier alpha value is -3.80. The zero-order valence-electron chi connectivity index (χ0n) is 14.0. The minimum absolute atomic E-state index is 0.0937. The Morgan fingerprint density at radius 3 is 2.35 bits per heavy atom. The van der Waals surface area contributed by atoms with Crippen LogP contribution in [0.4, 0.5) is 11.4 Å². The van der Waals surface area contributed by atoms with E-state index in [1.165, 1.54) is 20.3 Å². The Balaban J connectivity index is 2.28. The van der Waals surface area contributed by atoms with Crippen LogP contribution < -0.4 is 19.5 Å². The smallest absolute Gasteiger partial charge is 0.286 e. The summed E-state index contributed by atoms with van der Waals surface area (Å²) in [6.07, 6.45) is 0. The molecule has 2 rings (SSSR count). The van der Waals surface area contributed by atoms with Crippen molar-refractivity contribution in [1.29, 1.82) is 5.26 Å². The lowest BCUT2D eigenvalue weighted by molar-refractivity contribution is -0.385. The molecule has 0 aliphatic rings. The maximum Gasteiger partial charge on any atom is 0.286 e. The van der Waals surface area contributed by atoms with E-state index in [1.807, 2.05) is 6.07 Å². The van der Waals surface area contributed by atoms with Crippen molar-refractivity contribution in [2.45, 2.75) is 0 Å². The van der Waals surface area contributed by atoms with Crippen LogP contribution in [0.15, 0.2) is 36.4 Å². The second kappa shape index (κ2) is 8.34. The first kappa shape index (κ1) is 18.5. The highest BCUT2D eigenvalue weighted by atomic mass is 16.6. The third-order valence-electron chi connectivity index (χ3n) is 3.36. The number of benzene rings is 2. The average Bonchev–Trinajstić information content (AvgIpc) is 2.66. The maximum absolute atomic E-state index is 12.5. The number of nitriles is 1. The summed E-state index contributed by atoms with van der Waals surface area (Å²) in [4.78, 5) is 23.1. The van der Waals surface area contributed by atoms with E-state index in [-0.39, 0.29) is 23.7 Å². The molecule has 0 aromatic heterocycles. The lowest BCUT2D eigenvalue weighted by Crippen LogP contribution is -2.14. The summed E-state index contributed by atoms with van der Waals surface area (Å²) >= 11 is 0. The molecule has 0 aliphatic carbocycles. The van der Waals surface area contributed by atoms with Gasteiger partial charge in [0.1, 0.15) is 17.4 Å². The predicted octanol–water partition coefficient (Wildman–Crippen LogP) is 2.77. The van der Waals surface area contributed by atoms with Crippen LogP contribution in [0.5, 0.6) is 17.2 Å². The molecule has 9 heteroatoms. The summed E-state index contributed by atoms with van der Waals surface area (Å²) < 4.78 is 15.2. The fourth-order valence-electron chi connectivity index (χ4n) is 2.15. The summed E-state index contributed by atoms with van der Waals surface area (Å²) in [5.74, 6) is 0.128. The van der Waals surface area contributed by atoms with Gasteiger partial charge in [-0.3, -0.25) is 14.9 Å². The summed E-state index contributed by atoms with van der Waals surface area (Å²) in [5, 5.41) is 22.3. The molecule has 26 heavy (non-hydrogen) atoms. The highest BCUT2D eigenvalue weighted by molar-refractivity contribution is 6.07. The normalized spacial score (nSPS) is 9.73. The van der Waals surface area contributed by atoms with Gasteiger partial charge in [-0.2, -0.15) is 5.26 Å². The van der Waals surface area contributed by atoms with E-state index in [1.54, 1.807) is 24.3 Å². The van der Waals surface area contributed by atoms with E-state index >= 15 is 0 Å². The van der Waals surface area contributed by atoms with Crippen molar-refractivity contribution < 1.29 is 23.9 Å². The van der Waals surface area contributed by atoms with Crippen molar-refractivity contribution in [1.82, 2.24) is 0 Å². The SMILES string of the molecule is COc1cc(C(=O)Nc2ccc(OCC#N)cc2)c([N+](=O)[O-])cc1OC. The minimum Gasteiger partial charge on any atom is -0.493 e. The zero-order valence-corrected chi connectivity index (χ0v) is 14.0. The van der Waals surface area contributed by atoms with E-state index < -0.39 is 16.5 Å². The molecule has 2 aromatic carbocycles. The lowest BCUT2D eigenvalue weighted by Gasteiger charge is -2.11. The number of nitro benzene ring substituents is 1. The van der Waals surface area contributed by atoms with Crippen LogP contribution in [0.25, 0.3) is 0 Å². The molecule has 9 nitrogen and oxygen atoms in total. The lowest BCUT2D eigenvalue weighted by atomic mass is 10.1. The van der Waals surface area contributed by atoms with Gasteiger partial charge in [0.25, 0.3) is 11.6 Å². The van der Waals surface area contributed by atoms with Crippen LogP contribution in [0, 0.1) is 21.4 Å². The van der Waals surface area contributed by atoms with Crippen LogP contribution in [0.1, 0.15) is 10.4 Å². The number of nitrogens with one attached hydrogen (secondary N) is 1. The Labute approximate surface area is 148 Å². The van der Waals surface area contributed by atoms with Gasteiger partial charge in [-0.1, -0.05) is 0 Å². The molecule has 0 unspecified atom stereocenters. The van der Waals surface area contributed by atoms with E-state index in [2.05, 4.69) is 5.32 Å². The summed E-state index contributed by atoms with van der Waals surface area (Å²) in [6.45, 7) is -0.0937. The second-order valence-corrected chi connectivity index (χ2v) is 4.91. The zero-order chi connectivity index (χ0) is 19.1. The Morgan fingerprint density at radius 1 is 1.19 bits per heavy atom. The van der Waals surface area contributed by atoms with Gasteiger partial charge in [0, 0.05) is 11.8 Å². The van der Waals surface area contributed by atoms with Crippen LogP contribution in [-0.4, -0.2) is 31.7 Å². The van der Waals surface area contributed by atoms with Crippen molar-refractivity contribution in [3.8, 4) is 23.3 Å².